The van der Waals surface area contributed by atoms with Crippen LogP contribution in [0.4, 0.5) is 0 Å². The summed E-state index contributed by atoms with van der Waals surface area (Å²) in [5, 5.41) is 0. The second kappa shape index (κ2) is 5.85. The second-order valence-corrected chi connectivity index (χ2v) is 4.35. The van der Waals surface area contributed by atoms with Crippen LogP contribution >= 0.6 is 0 Å². The Kier molecular flexibility index (Phi) is 4.17. The van der Waals surface area contributed by atoms with E-state index in [1.165, 1.54) is 25.7 Å². The van der Waals surface area contributed by atoms with E-state index in [-0.39, 0.29) is 0 Å². The van der Waals surface area contributed by atoms with Crippen molar-refractivity contribution in [2.75, 3.05) is 0 Å². The van der Waals surface area contributed by atoms with E-state index < -0.39 is 0 Å². The van der Waals surface area contributed by atoms with Crippen LogP contribution in [0.1, 0.15) is 54.8 Å². The van der Waals surface area contributed by atoms with Crippen LogP contribution in [0.3, 0.4) is 0 Å². The zero-order valence-electron chi connectivity index (χ0n) is 9.48. The smallest absolute Gasteiger partial charge is 0.185 e. The number of hydrogen-bond acceptors (Lipinski definition) is 3. The van der Waals surface area contributed by atoms with Gasteiger partial charge in [-0.25, -0.2) is 0 Å². The number of carbonyl (C=O) groups is 1. The number of furan rings is 1. The summed E-state index contributed by atoms with van der Waals surface area (Å²) in [7, 11) is 0. The van der Waals surface area contributed by atoms with E-state index in [0.29, 0.717) is 18.5 Å². The van der Waals surface area contributed by atoms with Crippen LogP contribution in [0.15, 0.2) is 16.5 Å². The van der Waals surface area contributed by atoms with Crippen molar-refractivity contribution in [3.05, 3.63) is 23.7 Å². The van der Waals surface area contributed by atoms with Crippen LogP contribution in [0.2, 0.25) is 0 Å². The van der Waals surface area contributed by atoms with E-state index in [4.69, 9.17) is 9.15 Å². The SMILES string of the molecule is O=Cc1ccc(COC2CCCCCC2)o1. The van der Waals surface area contributed by atoms with Crippen LogP contribution < -0.4 is 0 Å². The first-order valence-electron chi connectivity index (χ1n) is 6.04. The maximum Gasteiger partial charge on any atom is 0.185 e. The molecule has 1 fully saturated rings. The quantitative estimate of drug-likeness (QED) is 0.579. The molecule has 0 atom stereocenters. The number of hydrogen-bond donors (Lipinski definition) is 0. The van der Waals surface area contributed by atoms with Crippen molar-refractivity contribution in [2.45, 2.75) is 51.2 Å². The van der Waals surface area contributed by atoms with Gasteiger partial charge in [-0.3, -0.25) is 4.79 Å². The lowest BCUT2D eigenvalue weighted by molar-refractivity contribution is 0.0217. The third kappa shape index (κ3) is 3.20. The highest BCUT2D eigenvalue weighted by Gasteiger charge is 2.13. The van der Waals surface area contributed by atoms with E-state index in [1.807, 2.05) is 0 Å². The number of ether oxygens (including phenoxy) is 1. The average Bonchev–Trinajstić information content (AvgIpc) is 2.61. The fourth-order valence-electron chi connectivity index (χ4n) is 2.14. The van der Waals surface area contributed by atoms with E-state index in [1.54, 1.807) is 12.1 Å². The predicted molar refractivity (Wildman–Crippen MR) is 60.4 cm³/mol. The van der Waals surface area contributed by atoms with Crippen molar-refractivity contribution in [3.8, 4) is 0 Å². The van der Waals surface area contributed by atoms with Gasteiger partial charge < -0.3 is 9.15 Å². The summed E-state index contributed by atoms with van der Waals surface area (Å²) in [6.45, 7) is 0.485. The molecule has 1 heterocycles. The van der Waals surface area contributed by atoms with Crippen molar-refractivity contribution in [3.63, 3.8) is 0 Å². The van der Waals surface area contributed by atoms with Crippen molar-refractivity contribution in [1.29, 1.82) is 0 Å². The van der Waals surface area contributed by atoms with Crippen molar-refractivity contribution < 1.29 is 13.9 Å². The number of aldehydes is 1. The highest BCUT2D eigenvalue weighted by atomic mass is 16.5. The number of carbonyl (C=O) groups excluding carboxylic acids is 1. The van der Waals surface area contributed by atoms with Gasteiger partial charge in [-0.15, -0.1) is 0 Å². The first-order valence-corrected chi connectivity index (χ1v) is 6.04. The molecule has 0 aromatic carbocycles. The highest BCUT2D eigenvalue weighted by Crippen LogP contribution is 2.21. The van der Waals surface area contributed by atoms with E-state index in [2.05, 4.69) is 0 Å². The monoisotopic (exact) mass is 222 g/mol. The molecule has 0 unspecified atom stereocenters. The molecule has 0 spiro atoms. The van der Waals surface area contributed by atoms with Gasteiger partial charge in [0.1, 0.15) is 12.4 Å². The lowest BCUT2D eigenvalue weighted by Gasteiger charge is -2.13. The van der Waals surface area contributed by atoms with Crippen LogP contribution in [0.5, 0.6) is 0 Å². The zero-order valence-corrected chi connectivity index (χ0v) is 9.48. The molecular weight excluding hydrogens is 204 g/mol. The normalized spacial score (nSPS) is 18.2. The highest BCUT2D eigenvalue weighted by molar-refractivity contribution is 5.70. The summed E-state index contributed by atoms with van der Waals surface area (Å²) in [6.07, 6.45) is 8.58. The first-order chi connectivity index (χ1) is 7.88. The Bertz CT molecular complexity index is 322. The van der Waals surface area contributed by atoms with Gasteiger partial charge in [-0.1, -0.05) is 25.7 Å². The third-order valence-electron chi connectivity index (χ3n) is 3.06. The molecule has 0 N–H and O–H groups in total. The van der Waals surface area contributed by atoms with Crippen LogP contribution in [-0.4, -0.2) is 12.4 Å². The molecule has 1 saturated carbocycles. The molecule has 2 rings (SSSR count). The van der Waals surface area contributed by atoms with Crippen molar-refractivity contribution >= 4 is 6.29 Å². The van der Waals surface area contributed by atoms with Crippen LogP contribution in [0.25, 0.3) is 0 Å². The molecule has 16 heavy (non-hydrogen) atoms. The molecular formula is C13H18O3. The fourth-order valence-corrected chi connectivity index (χ4v) is 2.14. The molecule has 0 aliphatic heterocycles. The minimum Gasteiger partial charge on any atom is -0.456 e. The van der Waals surface area contributed by atoms with Gasteiger partial charge in [0.25, 0.3) is 0 Å². The standard InChI is InChI=1S/C13H18O3/c14-9-12-7-8-13(16-12)10-15-11-5-3-1-2-4-6-11/h7-9,11H,1-6,10H2. The first kappa shape index (κ1) is 11.4. The van der Waals surface area contributed by atoms with Gasteiger partial charge >= 0.3 is 0 Å². The summed E-state index contributed by atoms with van der Waals surface area (Å²) in [5.41, 5.74) is 0. The van der Waals surface area contributed by atoms with E-state index in [9.17, 15) is 4.79 Å². The summed E-state index contributed by atoms with van der Waals surface area (Å²) in [4.78, 5) is 10.4. The summed E-state index contributed by atoms with van der Waals surface area (Å²) in [5.74, 6) is 1.12. The van der Waals surface area contributed by atoms with E-state index in [0.717, 1.165) is 24.9 Å². The molecule has 88 valence electrons. The Morgan fingerprint density at radius 2 is 2.00 bits per heavy atom. The van der Waals surface area contributed by atoms with Crippen LogP contribution in [-0.2, 0) is 11.3 Å². The summed E-state index contributed by atoms with van der Waals surface area (Å²) < 4.78 is 11.1. The third-order valence-corrected chi connectivity index (χ3v) is 3.06. The van der Waals surface area contributed by atoms with Gasteiger partial charge in [-0.2, -0.15) is 0 Å². The Hall–Kier alpha value is -1.09. The molecule has 0 amide bonds. The maximum atomic E-state index is 10.4. The van der Waals surface area contributed by atoms with Crippen LogP contribution in [0, 0.1) is 0 Å². The van der Waals surface area contributed by atoms with Gasteiger partial charge in [0.15, 0.2) is 12.0 Å². The zero-order chi connectivity index (χ0) is 11.2. The lowest BCUT2D eigenvalue weighted by atomic mass is 10.1. The van der Waals surface area contributed by atoms with Crippen molar-refractivity contribution in [2.24, 2.45) is 0 Å². The molecule has 3 heteroatoms. The largest absolute Gasteiger partial charge is 0.456 e. The Labute approximate surface area is 95.8 Å². The predicted octanol–water partition coefficient (Wildman–Crippen LogP) is 3.33. The fraction of sp³-hybridized carbons (Fsp3) is 0.615. The Balaban J connectivity index is 1.79. The minimum absolute atomic E-state index is 0.368. The molecule has 3 nitrogen and oxygen atoms in total. The van der Waals surface area contributed by atoms with Gasteiger partial charge in [-0.05, 0) is 25.0 Å². The molecule has 1 aromatic heterocycles. The average molecular weight is 222 g/mol. The molecule has 1 aliphatic carbocycles. The summed E-state index contributed by atoms with van der Waals surface area (Å²) >= 11 is 0. The molecule has 0 radical (unpaired) electrons. The van der Waals surface area contributed by atoms with Gasteiger partial charge in [0.05, 0.1) is 6.10 Å². The minimum atomic E-state index is 0.368. The van der Waals surface area contributed by atoms with Gasteiger partial charge in [0.2, 0.25) is 0 Å². The molecule has 1 aliphatic rings. The maximum absolute atomic E-state index is 10.4. The molecule has 1 aromatic rings. The lowest BCUT2D eigenvalue weighted by Crippen LogP contribution is -2.11. The topological polar surface area (TPSA) is 39.4 Å². The Morgan fingerprint density at radius 1 is 1.25 bits per heavy atom. The Morgan fingerprint density at radius 3 is 2.62 bits per heavy atom. The molecule has 0 bridgehead atoms. The number of rotatable bonds is 4. The van der Waals surface area contributed by atoms with Crippen molar-refractivity contribution in [1.82, 2.24) is 0 Å². The molecule has 0 saturated heterocycles. The summed E-state index contributed by atoms with van der Waals surface area (Å²) in [6, 6.07) is 3.49. The van der Waals surface area contributed by atoms with E-state index >= 15 is 0 Å². The van der Waals surface area contributed by atoms with Gasteiger partial charge in [0, 0.05) is 0 Å². The second-order valence-electron chi connectivity index (χ2n) is 4.35.